The summed E-state index contributed by atoms with van der Waals surface area (Å²) < 4.78 is 10.5. The van der Waals surface area contributed by atoms with Crippen LogP contribution in [0, 0.1) is 12.8 Å². The van der Waals surface area contributed by atoms with E-state index in [1.54, 1.807) is 26.9 Å². The molecule has 0 amide bonds. The molecule has 5 rings (SSSR count). The Morgan fingerprint density at radius 2 is 2.10 bits per heavy atom. The van der Waals surface area contributed by atoms with Crippen molar-refractivity contribution in [1.82, 2.24) is 33.7 Å². The third kappa shape index (κ3) is 3.15. The number of rotatable bonds is 4. The molecule has 1 aliphatic rings. The second-order valence-corrected chi connectivity index (χ2v) is 7.47. The summed E-state index contributed by atoms with van der Waals surface area (Å²) in [5, 5.41) is 7.42. The number of pyridine rings is 1. The van der Waals surface area contributed by atoms with Gasteiger partial charge >= 0.3 is 5.69 Å². The van der Waals surface area contributed by atoms with Crippen LogP contribution >= 0.6 is 0 Å². The van der Waals surface area contributed by atoms with Crippen LogP contribution in [0.25, 0.3) is 16.8 Å². The Labute approximate surface area is 166 Å². The average Bonchev–Trinajstić information content (AvgIpc) is 3.27. The Balaban J connectivity index is 1.52. The SMILES string of the molecule is Cc1cc2ncnn2cc1Nc1ncc2c(n1)n(CC1CCOCC1)c(=O)n2C. The molecule has 1 N–H and O–H groups in total. The van der Waals surface area contributed by atoms with Crippen LogP contribution in [0.4, 0.5) is 11.6 Å². The van der Waals surface area contributed by atoms with E-state index in [4.69, 9.17) is 4.74 Å². The molecule has 150 valence electrons. The van der Waals surface area contributed by atoms with Crippen LogP contribution in [0.15, 0.2) is 29.6 Å². The minimum absolute atomic E-state index is 0.0712. The first-order chi connectivity index (χ1) is 14.1. The molecule has 1 aliphatic heterocycles. The van der Waals surface area contributed by atoms with Crippen LogP contribution in [-0.4, -0.2) is 46.9 Å². The van der Waals surface area contributed by atoms with Crippen LogP contribution in [0.2, 0.25) is 0 Å². The molecule has 10 nitrogen and oxygen atoms in total. The highest BCUT2D eigenvalue weighted by Crippen LogP contribution is 2.22. The minimum atomic E-state index is -0.0712. The molecule has 4 aromatic rings. The summed E-state index contributed by atoms with van der Waals surface area (Å²) in [7, 11) is 1.75. The van der Waals surface area contributed by atoms with E-state index in [0.29, 0.717) is 24.1 Å². The number of aromatic nitrogens is 7. The fourth-order valence-electron chi connectivity index (χ4n) is 3.80. The molecular weight excluding hydrogens is 372 g/mol. The van der Waals surface area contributed by atoms with Gasteiger partial charge in [0, 0.05) is 26.8 Å². The first kappa shape index (κ1) is 17.8. The van der Waals surface area contributed by atoms with Crippen molar-refractivity contribution in [3.8, 4) is 0 Å². The van der Waals surface area contributed by atoms with Crippen molar-refractivity contribution in [3.63, 3.8) is 0 Å². The molecule has 29 heavy (non-hydrogen) atoms. The lowest BCUT2D eigenvalue weighted by molar-refractivity contribution is 0.0612. The first-order valence-corrected chi connectivity index (χ1v) is 9.67. The molecule has 5 heterocycles. The number of aryl methyl sites for hydroxylation is 2. The highest BCUT2D eigenvalue weighted by molar-refractivity contribution is 5.73. The standard InChI is InChI=1S/C19H22N8O2/c1-12-7-16-21-11-22-27(16)10-14(12)23-18-20-8-15-17(24-18)26(19(28)25(15)2)9-13-3-5-29-6-4-13/h7-8,10-11,13H,3-6,9H2,1-2H3,(H,20,23,24). The molecule has 0 spiro atoms. The van der Waals surface area contributed by atoms with Crippen molar-refractivity contribution >= 4 is 28.4 Å². The predicted octanol–water partition coefficient (Wildman–Crippen LogP) is 1.65. The summed E-state index contributed by atoms with van der Waals surface area (Å²) in [4.78, 5) is 26.1. The fraction of sp³-hybridized carbons (Fsp3) is 0.421. The fourth-order valence-corrected chi connectivity index (χ4v) is 3.80. The quantitative estimate of drug-likeness (QED) is 0.561. The number of ether oxygens (including phenoxy) is 1. The van der Waals surface area contributed by atoms with Gasteiger partial charge in [-0.1, -0.05) is 0 Å². The van der Waals surface area contributed by atoms with Gasteiger partial charge in [-0.2, -0.15) is 10.1 Å². The number of anilines is 2. The highest BCUT2D eigenvalue weighted by atomic mass is 16.5. The molecule has 0 radical (unpaired) electrons. The zero-order valence-electron chi connectivity index (χ0n) is 16.4. The number of nitrogens with one attached hydrogen (secondary N) is 1. The predicted molar refractivity (Wildman–Crippen MR) is 107 cm³/mol. The highest BCUT2D eigenvalue weighted by Gasteiger charge is 2.20. The Hall–Kier alpha value is -3.27. The topological polar surface area (TPSA) is 104 Å². The maximum atomic E-state index is 12.8. The zero-order valence-corrected chi connectivity index (χ0v) is 16.4. The third-order valence-corrected chi connectivity index (χ3v) is 5.54. The van der Waals surface area contributed by atoms with Crippen LogP contribution < -0.4 is 11.0 Å². The Morgan fingerprint density at radius 3 is 2.93 bits per heavy atom. The van der Waals surface area contributed by atoms with E-state index in [2.05, 4.69) is 25.4 Å². The number of nitrogens with zero attached hydrogens (tertiary/aromatic N) is 7. The van der Waals surface area contributed by atoms with E-state index >= 15 is 0 Å². The molecular formula is C19H22N8O2. The molecule has 0 aromatic carbocycles. The molecule has 1 saturated heterocycles. The van der Waals surface area contributed by atoms with Gasteiger partial charge in [-0.25, -0.2) is 19.3 Å². The molecule has 4 aromatic heterocycles. The van der Waals surface area contributed by atoms with Gasteiger partial charge in [0.15, 0.2) is 11.3 Å². The van der Waals surface area contributed by atoms with Crippen molar-refractivity contribution in [1.29, 1.82) is 0 Å². The van der Waals surface area contributed by atoms with E-state index in [0.717, 1.165) is 48.5 Å². The van der Waals surface area contributed by atoms with Gasteiger partial charge in [0.2, 0.25) is 5.95 Å². The third-order valence-electron chi connectivity index (χ3n) is 5.54. The van der Waals surface area contributed by atoms with Gasteiger partial charge in [0.05, 0.1) is 18.1 Å². The average molecular weight is 394 g/mol. The molecule has 0 saturated carbocycles. The summed E-state index contributed by atoms with van der Waals surface area (Å²) in [6.07, 6.45) is 6.97. The lowest BCUT2D eigenvalue weighted by atomic mass is 10.0. The van der Waals surface area contributed by atoms with Crippen molar-refractivity contribution in [2.24, 2.45) is 13.0 Å². The molecule has 0 bridgehead atoms. The normalized spacial score (nSPS) is 15.4. The zero-order chi connectivity index (χ0) is 20.0. The molecule has 10 heteroatoms. The molecule has 1 fully saturated rings. The number of hydrogen-bond donors (Lipinski definition) is 1. The molecule has 0 atom stereocenters. The largest absolute Gasteiger partial charge is 0.381 e. The Morgan fingerprint density at radius 1 is 1.28 bits per heavy atom. The van der Waals surface area contributed by atoms with Gasteiger partial charge < -0.3 is 10.1 Å². The summed E-state index contributed by atoms with van der Waals surface area (Å²) in [6, 6.07) is 1.94. The number of hydrogen-bond acceptors (Lipinski definition) is 7. The van der Waals surface area contributed by atoms with Gasteiger partial charge in [-0.05, 0) is 37.3 Å². The van der Waals surface area contributed by atoms with Gasteiger partial charge in [0.1, 0.15) is 11.8 Å². The summed E-state index contributed by atoms with van der Waals surface area (Å²) in [6.45, 7) is 4.12. The lowest BCUT2D eigenvalue weighted by Gasteiger charge is -2.22. The minimum Gasteiger partial charge on any atom is -0.381 e. The van der Waals surface area contributed by atoms with Crippen LogP contribution in [-0.2, 0) is 18.3 Å². The van der Waals surface area contributed by atoms with Crippen molar-refractivity contribution in [3.05, 3.63) is 40.8 Å². The van der Waals surface area contributed by atoms with Crippen molar-refractivity contribution < 1.29 is 4.74 Å². The maximum Gasteiger partial charge on any atom is 0.330 e. The maximum absolute atomic E-state index is 12.8. The smallest absolute Gasteiger partial charge is 0.330 e. The van der Waals surface area contributed by atoms with Gasteiger partial charge in [0.25, 0.3) is 0 Å². The van der Waals surface area contributed by atoms with E-state index in [1.807, 2.05) is 19.2 Å². The summed E-state index contributed by atoms with van der Waals surface area (Å²) >= 11 is 0. The van der Waals surface area contributed by atoms with Crippen LogP contribution in [0.3, 0.4) is 0 Å². The number of fused-ring (bicyclic) bond motifs is 2. The molecule has 0 aliphatic carbocycles. The second kappa shape index (κ2) is 6.96. The summed E-state index contributed by atoms with van der Waals surface area (Å²) in [5.41, 5.74) is 3.89. The lowest BCUT2D eigenvalue weighted by Crippen LogP contribution is -2.28. The van der Waals surface area contributed by atoms with E-state index < -0.39 is 0 Å². The Kier molecular flexibility index (Phi) is 4.27. The summed E-state index contributed by atoms with van der Waals surface area (Å²) in [5.74, 6) is 0.849. The molecule has 0 unspecified atom stereocenters. The number of imidazole rings is 1. The monoisotopic (exact) mass is 394 g/mol. The van der Waals surface area contributed by atoms with Gasteiger partial charge in [-0.15, -0.1) is 0 Å². The first-order valence-electron chi connectivity index (χ1n) is 9.67. The van der Waals surface area contributed by atoms with Crippen LogP contribution in [0.5, 0.6) is 0 Å². The van der Waals surface area contributed by atoms with E-state index in [9.17, 15) is 4.79 Å². The second-order valence-electron chi connectivity index (χ2n) is 7.47. The van der Waals surface area contributed by atoms with Gasteiger partial charge in [-0.3, -0.25) is 9.13 Å². The van der Waals surface area contributed by atoms with E-state index in [1.165, 1.54) is 6.33 Å². The van der Waals surface area contributed by atoms with Crippen LogP contribution in [0.1, 0.15) is 18.4 Å². The van der Waals surface area contributed by atoms with Crippen molar-refractivity contribution in [2.75, 3.05) is 18.5 Å². The Bertz CT molecular complexity index is 1250. The van der Waals surface area contributed by atoms with Crippen molar-refractivity contribution in [2.45, 2.75) is 26.3 Å². The van der Waals surface area contributed by atoms with E-state index in [-0.39, 0.29) is 5.69 Å².